The third-order valence-electron chi connectivity index (χ3n) is 2.41. The highest BCUT2D eigenvalue weighted by atomic mass is 16.5. The summed E-state index contributed by atoms with van der Waals surface area (Å²) < 4.78 is 7.00. The second-order valence-corrected chi connectivity index (χ2v) is 3.96. The van der Waals surface area contributed by atoms with Crippen molar-refractivity contribution in [2.45, 2.75) is 32.9 Å². The van der Waals surface area contributed by atoms with Gasteiger partial charge in [-0.25, -0.2) is 0 Å². The molecule has 1 aromatic rings. The summed E-state index contributed by atoms with van der Waals surface area (Å²) in [5.41, 5.74) is 0.735. The van der Waals surface area contributed by atoms with Gasteiger partial charge in [0.2, 0.25) is 0 Å². The molecule has 0 aliphatic heterocycles. The largest absolute Gasteiger partial charge is 0.493 e. The molecule has 0 bridgehead atoms. The predicted molar refractivity (Wildman–Crippen MR) is 62.7 cm³/mol. The van der Waals surface area contributed by atoms with Crippen molar-refractivity contribution >= 4 is 0 Å². The van der Waals surface area contributed by atoms with Crippen LogP contribution in [0.2, 0.25) is 0 Å². The number of ether oxygens (including phenoxy) is 1. The Bertz CT molecular complexity index is 323. The second kappa shape index (κ2) is 5.86. The fraction of sp³-hybridized carbons (Fsp3) is 0.727. The minimum atomic E-state index is -0.597. The third kappa shape index (κ3) is 2.74. The van der Waals surface area contributed by atoms with Gasteiger partial charge in [0.25, 0.3) is 0 Å². The number of hydrogen-bond donors (Lipinski definition) is 2. The molecule has 1 atom stereocenters. The lowest BCUT2D eigenvalue weighted by atomic mass is 10.2. The van der Waals surface area contributed by atoms with Crippen LogP contribution in [-0.4, -0.2) is 35.1 Å². The van der Waals surface area contributed by atoms with Crippen LogP contribution in [0.4, 0.5) is 0 Å². The number of aliphatic hydroxyl groups is 1. The van der Waals surface area contributed by atoms with Crippen molar-refractivity contribution in [2.24, 2.45) is 0 Å². The molecule has 0 spiro atoms. The molecule has 0 aromatic carbocycles. The van der Waals surface area contributed by atoms with E-state index in [9.17, 15) is 5.11 Å². The fourth-order valence-corrected chi connectivity index (χ4v) is 1.62. The van der Waals surface area contributed by atoms with Crippen LogP contribution in [0, 0.1) is 0 Å². The summed E-state index contributed by atoms with van der Waals surface area (Å²) in [6, 6.07) is 0.204. The number of methoxy groups -OCH3 is 1. The Labute approximate surface area is 96.4 Å². The van der Waals surface area contributed by atoms with Crippen molar-refractivity contribution in [3.8, 4) is 5.75 Å². The van der Waals surface area contributed by atoms with Gasteiger partial charge in [-0.2, -0.15) is 5.10 Å². The maximum Gasteiger partial charge on any atom is 0.162 e. The SMILES string of the molecule is CCNCC(O)c1c(OC)cnn1C(C)C. The van der Waals surface area contributed by atoms with E-state index in [2.05, 4.69) is 10.4 Å². The standard InChI is InChI=1S/C11H21N3O2/c1-5-12-6-9(15)11-10(16-4)7-13-14(11)8(2)3/h7-9,12,15H,5-6H2,1-4H3. The first-order valence-electron chi connectivity index (χ1n) is 5.62. The minimum Gasteiger partial charge on any atom is -0.493 e. The minimum absolute atomic E-state index is 0.204. The van der Waals surface area contributed by atoms with Crippen molar-refractivity contribution in [3.05, 3.63) is 11.9 Å². The molecule has 0 radical (unpaired) electrons. The summed E-state index contributed by atoms with van der Waals surface area (Å²) >= 11 is 0. The van der Waals surface area contributed by atoms with Crippen molar-refractivity contribution < 1.29 is 9.84 Å². The van der Waals surface area contributed by atoms with E-state index in [1.54, 1.807) is 18.0 Å². The number of aliphatic hydroxyl groups excluding tert-OH is 1. The van der Waals surface area contributed by atoms with E-state index in [1.165, 1.54) is 0 Å². The van der Waals surface area contributed by atoms with Crippen LogP contribution in [0.25, 0.3) is 0 Å². The van der Waals surface area contributed by atoms with Crippen LogP contribution < -0.4 is 10.1 Å². The van der Waals surface area contributed by atoms with E-state index >= 15 is 0 Å². The van der Waals surface area contributed by atoms with Crippen LogP contribution in [0.3, 0.4) is 0 Å². The molecule has 0 fully saturated rings. The van der Waals surface area contributed by atoms with Gasteiger partial charge in [-0.05, 0) is 20.4 Å². The molecule has 16 heavy (non-hydrogen) atoms. The average Bonchev–Trinajstić information content (AvgIpc) is 2.69. The highest BCUT2D eigenvalue weighted by molar-refractivity contribution is 5.27. The maximum atomic E-state index is 10.1. The zero-order chi connectivity index (χ0) is 12.1. The highest BCUT2D eigenvalue weighted by Gasteiger charge is 2.20. The lowest BCUT2D eigenvalue weighted by molar-refractivity contribution is 0.158. The normalized spacial score (nSPS) is 13.1. The molecule has 0 saturated carbocycles. The molecule has 5 heteroatoms. The summed E-state index contributed by atoms with van der Waals surface area (Å²) in [4.78, 5) is 0. The topological polar surface area (TPSA) is 59.3 Å². The zero-order valence-electron chi connectivity index (χ0n) is 10.4. The molecule has 0 aliphatic carbocycles. The van der Waals surface area contributed by atoms with Crippen LogP contribution >= 0.6 is 0 Å². The first kappa shape index (κ1) is 13.0. The Balaban J connectivity index is 2.93. The molecule has 5 nitrogen and oxygen atoms in total. The molecule has 1 rings (SSSR count). The first-order valence-corrected chi connectivity index (χ1v) is 5.62. The Hall–Kier alpha value is -1.07. The number of likely N-dealkylation sites (N-methyl/N-ethyl adjacent to an activating group) is 1. The maximum absolute atomic E-state index is 10.1. The predicted octanol–water partition coefficient (Wildman–Crippen LogP) is 1.12. The van der Waals surface area contributed by atoms with Crippen molar-refractivity contribution in [1.82, 2.24) is 15.1 Å². The van der Waals surface area contributed by atoms with Gasteiger partial charge in [0, 0.05) is 12.6 Å². The molecule has 2 N–H and O–H groups in total. The number of hydrogen-bond acceptors (Lipinski definition) is 4. The second-order valence-electron chi connectivity index (χ2n) is 3.96. The molecule has 0 amide bonds. The summed E-state index contributed by atoms with van der Waals surface area (Å²) in [6.45, 7) is 7.38. The Morgan fingerprint density at radius 1 is 1.56 bits per heavy atom. The molecule has 92 valence electrons. The van der Waals surface area contributed by atoms with Crippen molar-refractivity contribution in [3.63, 3.8) is 0 Å². The summed E-state index contributed by atoms with van der Waals surface area (Å²) in [7, 11) is 1.59. The zero-order valence-corrected chi connectivity index (χ0v) is 10.4. The molecule has 1 heterocycles. The van der Waals surface area contributed by atoms with Crippen LogP contribution in [0.5, 0.6) is 5.75 Å². The van der Waals surface area contributed by atoms with Gasteiger partial charge >= 0.3 is 0 Å². The van der Waals surface area contributed by atoms with E-state index in [0.29, 0.717) is 12.3 Å². The molecular weight excluding hydrogens is 206 g/mol. The van der Waals surface area contributed by atoms with E-state index in [0.717, 1.165) is 12.2 Å². The number of nitrogens with zero attached hydrogens (tertiary/aromatic N) is 2. The Kier molecular flexibility index (Phi) is 4.76. The molecule has 0 aliphatic rings. The number of nitrogens with one attached hydrogen (secondary N) is 1. The molecule has 0 saturated heterocycles. The lowest BCUT2D eigenvalue weighted by Gasteiger charge is -2.17. The van der Waals surface area contributed by atoms with E-state index < -0.39 is 6.10 Å². The Morgan fingerprint density at radius 2 is 2.25 bits per heavy atom. The van der Waals surface area contributed by atoms with Gasteiger partial charge in [0.1, 0.15) is 11.8 Å². The van der Waals surface area contributed by atoms with Gasteiger partial charge in [-0.1, -0.05) is 6.92 Å². The summed E-state index contributed by atoms with van der Waals surface area (Å²) in [5, 5.41) is 17.4. The van der Waals surface area contributed by atoms with Crippen molar-refractivity contribution in [2.75, 3.05) is 20.2 Å². The van der Waals surface area contributed by atoms with Crippen LogP contribution in [0.1, 0.15) is 38.6 Å². The Morgan fingerprint density at radius 3 is 2.75 bits per heavy atom. The van der Waals surface area contributed by atoms with Gasteiger partial charge < -0.3 is 15.2 Å². The molecule has 1 unspecified atom stereocenters. The fourth-order valence-electron chi connectivity index (χ4n) is 1.62. The number of aromatic nitrogens is 2. The van der Waals surface area contributed by atoms with Gasteiger partial charge in [0.05, 0.1) is 13.3 Å². The van der Waals surface area contributed by atoms with Gasteiger partial charge in [-0.15, -0.1) is 0 Å². The van der Waals surface area contributed by atoms with E-state index in [-0.39, 0.29) is 6.04 Å². The van der Waals surface area contributed by atoms with Gasteiger partial charge in [0.15, 0.2) is 5.75 Å². The van der Waals surface area contributed by atoms with Crippen LogP contribution in [0.15, 0.2) is 6.20 Å². The van der Waals surface area contributed by atoms with Gasteiger partial charge in [-0.3, -0.25) is 4.68 Å². The number of rotatable bonds is 6. The third-order valence-corrected chi connectivity index (χ3v) is 2.41. The first-order chi connectivity index (χ1) is 7.61. The highest BCUT2D eigenvalue weighted by Crippen LogP contribution is 2.26. The summed E-state index contributed by atoms with van der Waals surface area (Å²) in [5.74, 6) is 0.638. The smallest absolute Gasteiger partial charge is 0.162 e. The molecule has 1 aromatic heterocycles. The van der Waals surface area contributed by atoms with Crippen LogP contribution in [-0.2, 0) is 0 Å². The lowest BCUT2D eigenvalue weighted by Crippen LogP contribution is -2.24. The quantitative estimate of drug-likeness (QED) is 0.764. The average molecular weight is 227 g/mol. The molecular formula is C11H21N3O2. The summed E-state index contributed by atoms with van der Waals surface area (Å²) in [6.07, 6.45) is 1.05. The monoisotopic (exact) mass is 227 g/mol. The van der Waals surface area contributed by atoms with E-state index in [4.69, 9.17) is 4.74 Å². The van der Waals surface area contributed by atoms with Crippen molar-refractivity contribution in [1.29, 1.82) is 0 Å². The van der Waals surface area contributed by atoms with E-state index in [1.807, 2.05) is 20.8 Å².